The Hall–Kier alpha value is -1.95. The van der Waals surface area contributed by atoms with E-state index < -0.39 is 0 Å². The maximum atomic E-state index is 5.96. The van der Waals surface area contributed by atoms with Crippen molar-refractivity contribution in [1.29, 1.82) is 0 Å². The molecule has 0 aliphatic carbocycles. The second-order valence-corrected chi connectivity index (χ2v) is 6.87. The number of likely N-dealkylation sites (tertiary alicyclic amines) is 1. The Labute approximate surface area is 143 Å². The SMILES string of the molecule is Cc1cnccc1OCC1CCN(Cc2nc(C(C)C)no2)CC1. The van der Waals surface area contributed by atoms with Crippen LogP contribution in [0.1, 0.15) is 49.9 Å². The fourth-order valence-corrected chi connectivity index (χ4v) is 2.90. The lowest BCUT2D eigenvalue weighted by Crippen LogP contribution is -2.35. The number of hydrogen-bond donors (Lipinski definition) is 0. The third kappa shape index (κ3) is 4.32. The van der Waals surface area contributed by atoms with E-state index in [0.29, 0.717) is 11.8 Å². The van der Waals surface area contributed by atoms with Gasteiger partial charge < -0.3 is 9.26 Å². The first-order valence-electron chi connectivity index (χ1n) is 8.70. The number of ether oxygens (including phenoxy) is 1. The molecule has 0 bridgehead atoms. The standard InChI is InChI=1S/C18H26N4O2/c1-13(2)18-20-17(24-21-18)11-22-8-5-15(6-9-22)12-23-16-4-7-19-10-14(16)3/h4,7,10,13,15H,5-6,8-9,11-12H2,1-3H3. The largest absolute Gasteiger partial charge is 0.493 e. The molecule has 1 aliphatic rings. The van der Waals surface area contributed by atoms with E-state index in [9.17, 15) is 0 Å². The minimum Gasteiger partial charge on any atom is -0.493 e. The number of aromatic nitrogens is 3. The van der Waals surface area contributed by atoms with E-state index in [1.54, 1.807) is 6.20 Å². The van der Waals surface area contributed by atoms with Crippen LogP contribution in [-0.4, -0.2) is 39.7 Å². The second kappa shape index (κ2) is 7.75. The fraction of sp³-hybridized carbons (Fsp3) is 0.611. The first-order chi connectivity index (χ1) is 11.6. The van der Waals surface area contributed by atoms with E-state index in [4.69, 9.17) is 9.26 Å². The molecule has 0 saturated carbocycles. The Balaban J connectivity index is 1.43. The van der Waals surface area contributed by atoms with Gasteiger partial charge in [0.25, 0.3) is 0 Å². The summed E-state index contributed by atoms with van der Waals surface area (Å²) in [5.74, 6) is 3.37. The van der Waals surface area contributed by atoms with Crippen molar-refractivity contribution in [2.24, 2.45) is 5.92 Å². The summed E-state index contributed by atoms with van der Waals surface area (Å²) in [4.78, 5) is 10.9. The van der Waals surface area contributed by atoms with Crippen molar-refractivity contribution < 1.29 is 9.26 Å². The highest BCUT2D eigenvalue weighted by molar-refractivity contribution is 5.28. The molecule has 6 heteroatoms. The Kier molecular flexibility index (Phi) is 5.45. The first kappa shape index (κ1) is 16.9. The molecular formula is C18H26N4O2. The molecule has 2 aromatic rings. The molecule has 1 fully saturated rings. The maximum absolute atomic E-state index is 5.96. The average molecular weight is 330 g/mol. The summed E-state index contributed by atoms with van der Waals surface area (Å²) in [6.07, 6.45) is 5.89. The molecule has 24 heavy (non-hydrogen) atoms. The van der Waals surface area contributed by atoms with Gasteiger partial charge in [0.05, 0.1) is 13.2 Å². The number of nitrogens with zero attached hydrogens (tertiary/aromatic N) is 4. The van der Waals surface area contributed by atoms with Crippen LogP contribution < -0.4 is 4.74 Å². The third-order valence-electron chi connectivity index (χ3n) is 4.51. The second-order valence-electron chi connectivity index (χ2n) is 6.87. The van der Waals surface area contributed by atoms with Crippen molar-refractivity contribution in [2.75, 3.05) is 19.7 Å². The smallest absolute Gasteiger partial charge is 0.240 e. The van der Waals surface area contributed by atoms with Gasteiger partial charge in [-0.15, -0.1) is 0 Å². The van der Waals surface area contributed by atoms with Gasteiger partial charge in [-0.05, 0) is 44.8 Å². The monoisotopic (exact) mass is 330 g/mol. The van der Waals surface area contributed by atoms with E-state index in [0.717, 1.165) is 62.1 Å². The summed E-state index contributed by atoms with van der Waals surface area (Å²) in [6.45, 7) is 9.79. The minimum absolute atomic E-state index is 0.307. The molecule has 2 aromatic heterocycles. The van der Waals surface area contributed by atoms with Gasteiger partial charge in [-0.25, -0.2) is 0 Å². The van der Waals surface area contributed by atoms with Crippen LogP contribution in [0.3, 0.4) is 0 Å². The van der Waals surface area contributed by atoms with Crippen LogP contribution in [0.25, 0.3) is 0 Å². The van der Waals surface area contributed by atoms with Crippen molar-refractivity contribution in [3.05, 3.63) is 35.7 Å². The van der Waals surface area contributed by atoms with Crippen LogP contribution >= 0.6 is 0 Å². The summed E-state index contributed by atoms with van der Waals surface area (Å²) in [5.41, 5.74) is 1.09. The van der Waals surface area contributed by atoms with Gasteiger partial charge in [0.1, 0.15) is 5.75 Å². The lowest BCUT2D eigenvalue weighted by Gasteiger charge is -2.30. The fourth-order valence-electron chi connectivity index (χ4n) is 2.90. The molecule has 6 nitrogen and oxygen atoms in total. The molecule has 0 N–H and O–H groups in total. The molecule has 0 aromatic carbocycles. The molecule has 0 unspecified atom stereocenters. The molecule has 0 amide bonds. The minimum atomic E-state index is 0.307. The predicted octanol–water partition coefficient (Wildman–Crippen LogP) is 3.19. The quantitative estimate of drug-likeness (QED) is 0.810. The number of pyridine rings is 1. The summed E-state index contributed by atoms with van der Waals surface area (Å²) >= 11 is 0. The lowest BCUT2D eigenvalue weighted by atomic mass is 9.98. The molecular weight excluding hydrogens is 304 g/mol. The lowest BCUT2D eigenvalue weighted by molar-refractivity contribution is 0.126. The van der Waals surface area contributed by atoms with Crippen LogP contribution in [0.15, 0.2) is 23.0 Å². The van der Waals surface area contributed by atoms with Gasteiger partial charge >= 0.3 is 0 Å². The summed E-state index contributed by atoms with van der Waals surface area (Å²) in [7, 11) is 0. The average Bonchev–Trinajstić information content (AvgIpc) is 3.04. The zero-order valence-electron chi connectivity index (χ0n) is 14.7. The number of rotatable bonds is 6. The van der Waals surface area contributed by atoms with E-state index in [1.165, 1.54) is 0 Å². The van der Waals surface area contributed by atoms with Crippen molar-refractivity contribution >= 4 is 0 Å². The normalized spacial score (nSPS) is 16.7. The summed E-state index contributed by atoms with van der Waals surface area (Å²) in [5, 5.41) is 4.03. The molecule has 0 atom stereocenters. The molecule has 3 rings (SSSR count). The van der Waals surface area contributed by atoms with Crippen molar-refractivity contribution in [3.8, 4) is 5.75 Å². The summed E-state index contributed by atoms with van der Waals surface area (Å²) < 4.78 is 11.3. The van der Waals surface area contributed by atoms with Crippen molar-refractivity contribution in [3.63, 3.8) is 0 Å². The van der Waals surface area contributed by atoms with Crippen molar-refractivity contribution in [1.82, 2.24) is 20.0 Å². The number of hydrogen-bond acceptors (Lipinski definition) is 6. The van der Waals surface area contributed by atoms with Crippen LogP contribution in [-0.2, 0) is 6.54 Å². The van der Waals surface area contributed by atoms with Gasteiger partial charge in [0, 0.05) is 23.9 Å². The molecule has 1 saturated heterocycles. The van der Waals surface area contributed by atoms with Gasteiger partial charge in [-0.3, -0.25) is 9.88 Å². The highest BCUT2D eigenvalue weighted by Gasteiger charge is 2.22. The Morgan fingerprint density at radius 2 is 2.12 bits per heavy atom. The van der Waals surface area contributed by atoms with Gasteiger partial charge in [-0.1, -0.05) is 19.0 Å². The highest BCUT2D eigenvalue weighted by atomic mass is 16.5. The van der Waals surface area contributed by atoms with Gasteiger partial charge in [0.2, 0.25) is 5.89 Å². The van der Waals surface area contributed by atoms with Crippen molar-refractivity contribution in [2.45, 2.75) is 46.1 Å². The number of piperidine rings is 1. The molecule has 0 spiro atoms. The number of aryl methyl sites for hydroxylation is 1. The summed E-state index contributed by atoms with van der Waals surface area (Å²) in [6, 6.07) is 1.94. The van der Waals surface area contributed by atoms with Crippen LogP contribution in [0.4, 0.5) is 0 Å². The van der Waals surface area contributed by atoms with Crippen LogP contribution in [0.2, 0.25) is 0 Å². The topological polar surface area (TPSA) is 64.3 Å². The molecule has 3 heterocycles. The molecule has 1 aliphatic heterocycles. The van der Waals surface area contributed by atoms with Crippen LogP contribution in [0, 0.1) is 12.8 Å². The molecule has 0 radical (unpaired) electrons. The third-order valence-corrected chi connectivity index (χ3v) is 4.51. The van der Waals surface area contributed by atoms with Crippen LogP contribution in [0.5, 0.6) is 5.75 Å². The van der Waals surface area contributed by atoms with E-state index in [1.807, 2.05) is 19.2 Å². The Morgan fingerprint density at radius 1 is 1.33 bits per heavy atom. The Morgan fingerprint density at radius 3 is 2.79 bits per heavy atom. The molecule has 130 valence electrons. The maximum Gasteiger partial charge on any atom is 0.240 e. The predicted molar refractivity (Wildman–Crippen MR) is 90.9 cm³/mol. The van der Waals surface area contributed by atoms with E-state index in [2.05, 4.69) is 33.9 Å². The van der Waals surface area contributed by atoms with E-state index >= 15 is 0 Å². The first-order valence-corrected chi connectivity index (χ1v) is 8.70. The van der Waals surface area contributed by atoms with Gasteiger partial charge in [-0.2, -0.15) is 4.98 Å². The Bertz CT molecular complexity index is 648. The zero-order chi connectivity index (χ0) is 16.9. The zero-order valence-corrected chi connectivity index (χ0v) is 14.7. The van der Waals surface area contributed by atoms with E-state index in [-0.39, 0.29) is 0 Å². The highest BCUT2D eigenvalue weighted by Crippen LogP contribution is 2.22. The van der Waals surface area contributed by atoms with Gasteiger partial charge in [0.15, 0.2) is 5.82 Å².